The van der Waals surface area contributed by atoms with Gasteiger partial charge >= 0.3 is 0 Å². The second kappa shape index (κ2) is 5.86. The largest absolute Gasteiger partial charge is 0.479 e. The molecule has 1 fully saturated rings. The van der Waals surface area contributed by atoms with Gasteiger partial charge in [-0.25, -0.2) is 0 Å². The summed E-state index contributed by atoms with van der Waals surface area (Å²) in [6.45, 7) is 11.0. The van der Waals surface area contributed by atoms with Crippen molar-refractivity contribution in [2.45, 2.75) is 19.8 Å². The van der Waals surface area contributed by atoms with Gasteiger partial charge in [0.15, 0.2) is 5.88 Å². The maximum absolute atomic E-state index is 5.53. The number of ether oxygens (including phenoxy) is 1. The summed E-state index contributed by atoms with van der Waals surface area (Å²) in [7, 11) is 0. The smallest absolute Gasteiger partial charge is 0.181 e. The van der Waals surface area contributed by atoms with E-state index < -0.39 is 0 Å². The van der Waals surface area contributed by atoms with Gasteiger partial charge in [-0.05, 0) is 13.0 Å². The van der Waals surface area contributed by atoms with Crippen LogP contribution in [0.2, 0.25) is 0 Å². The van der Waals surface area contributed by atoms with Crippen LogP contribution >= 0.6 is 0 Å². The first-order valence-corrected chi connectivity index (χ1v) is 5.12. The highest BCUT2D eigenvalue weighted by Crippen LogP contribution is 2.05. The number of piperazine rings is 1. The summed E-state index contributed by atoms with van der Waals surface area (Å²) in [6, 6.07) is 0. The number of rotatable bonds is 5. The fourth-order valence-corrected chi connectivity index (χ4v) is 1.34. The van der Waals surface area contributed by atoms with E-state index in [1.165, 1.54) is 6.42 Å². The zero-order valence-corrected chi connectivity index (χ0v) is 8.51. The molecule has 0 unspecified atom stereocenters. The van der Waals surface area contributed by atoms with Gasteiger partial charge in [0.2, 0.25) is 0 Å². The summed E-state index contributed by atoms with van der Waals surface area (Å²) in [4.78, 5) is 2.20. The zero-order valence-electron chi connectivity index (χ0n) is 8.51. The quantitative estimate of drug-likeness (QED) is 0.513. The van der Waals surface area contributed by atoms with Crippen molar-refractivity contribution in [2.24, 2.45) is 0 Å². The van der Waals surface area contributed by atoms with Gasteiger partial charge in [-0.15, -0.1) is 0 Å². The SMILES string of the molecule is C=C(OCCCC)N1CCNCC1. The van der Waals surface area contributed by atoms with E-state index in [2.05, 4.69) is 23.7 Å². The van der Waals surface area contributed by atoms with Gasteiger partial charge in [0.1, 0.15) is 0 Å². The number of hydrogen-bond donors (Lipinski definition) is 1. The highest BCUT2D eigenvalue weighted by molar-refractivity contribution is 4.86. The zero-order chi connectivity index (χ0) is 9.52. The molecule has 0 saturated carbocycles. The highest BCUT2D eigenvalue weighted by atomic mass is 16.5. The van der Waals surface area contributed by atoms with Crippen molar-refractivity contribution in [3.8, 4) is 0 Å². The predicted octanol–water partition coefficient (Wildman–Crippen LogP) is 1.18. The van der Waals surface area contributed by atoms with E-state index in [1.54, 1.807) is 0 Å². The van der Waals surface area contributed by atoms with Crippen LogP contribution in [-0.4, -0.2) is 37.7 Å². The second-order valence-electron chi connectivity index (χ2n) is 3.33. The molecule has 1 aliphatic heterocycles. The average molecular weight is 184 g/mol. The Morgan fingerprint density at radius 3 is 2.77 bits per heavy atom. The predicted molar refractivity (Wildman–Crippen MR) is 54.4 cm³/mol. The van der Waals surface area contributed by atoms with Crippen LogP contribution in [0, 0.1) is 0 Å². The summed E-state index contributed by atoms with van der Waals surface area (Å²) in [5.41, 5.74) is 0. The maximum atomic E-state index is 5.53. The molecule has 1 rings (SSSR count). The molecule has 3 nitrogen and oxygen atoms in total. The van der Waals surface area contributed by atoms with Crippen LogP contribution in [0.5, 0.6) is 0 Å². The molecule has 1 heterocycles. The number of unbranched alkanes of at least 4 members (excludes halogenated alkanes) is 1. The lowest BCUT2D eigenvalue weighted by molar-refractivity contribution is 0.103. The third-order valence-electron chi connectivity index (χ3n) is 2.24. The molecular formula is C10H20N2O. The second-order valence-corrected chi connectivity index (χ2v) is 3.33. The molecule has 0 aliphatic carbocycles. The summed E-state index contributed by atoms with van der Waals surface area (Å²) in [6.07, 6.45) is 2.29. The molecule has 0 bridgehead atoms. The van der Waals surface area contributed by atoms with Crippen molar-refractivity contribution < 1.29 is 4.74 Å². The monoisotopic (exact) mass is 184 g/mol. The van der Waals surface area contributed by atoms with Crippen LogP contribution in [0.1, 0.15) is 19.8 Å². The Hall–Kier alpha value is -0.700. The van der Waals surface area contributed by atoms with E-state index in [9.17, 15) is 0 Å². The summed E-state index contributed by atoms with van der Waals surface area (Å²) < 4.78 is 5.53. The Morgan fingerprint density at radius 1 is 1.46 bits per heavy atom. The molecular weight excluding hydrogens is 164 g/mol. The lowest BCUT2D eigenvalue weighted by Gasteiger charge is -2.30. The minimum Gasteiger partial charge on any atom is -0.479 e. The molecule has 3 heteroatoms. The van der Waals surface area contributed by atoms with E-state index >= 15 is 0 Å². The molecule has 1 N–H and O–H groups in total. The fourth-order valence-electron chi connectivity index (χ4n) is 1.34. The van der Waals surface area contributed by atoms with Crippen LogP contribution in [0.4, 0.5) is 0 Å². The van der Waals surface area contributed by atoms with E-state index in [1.807, 2.05) is 0 Å². The van der Waals surface area contributed by atoms with Crippen molar-refractivity contribution in [2.75, 3.05) is 32.8 Å². The first-order valence-electron chi connectivity index (χ1n) is 5.12. The van der Waals surface area contributed by atoms with E-state index in [4.69, 9.17) is 4.74 Å². The topological polar surface area (TPSA) is 24.5 Å². The molecule has 0 aromatic heterocycles. The molecule has 0 atom stereocenters. The van der Waals surface area contributed by atoms with Gasteiger partial charge in [-0.1, -0.05) is 13.3 Å². The lowest BCUT2D eigenvalue weighted by Crippen LogP contribution is -2.43. The van der Waals surface area contributed by atoms with Crippen LogP contribution < -0.4 is 5.32 Å². The molecule has 0 amide bonds. The summed E-state index contributed by atoms with van der Waals surface area (Å²) in [5, 5.41) is 3.30. The summed E-state index contributed by atoms with van der Waals surface area (Å²) in [5.74, 6) is 0.843. The van der Waals surface area contributed by atoms with Crippen molar-refractivity contribution in [3.05, 3.63) is 12.5 Å². The molecule has 0 aromatic carbocycles. The molecule has 76 valence electrons. The highest BCUT2D eigenvalue weighted by Gasteiger charge is 2.11. The van der Waals surface area contributed by atoms with E-state index in [-0.39, 0.29) is 0 Å². The Morgan fingerprint density at radius 2 is 2.15 bits per heavy atom. The van der Waals surface area contributed by atoms with E-state index in [0.717, 1.165) is 45.1 Å². The first-order chi connectivity index (χ1) is 6.34. The molecule has 0 radical (unpaired) electrons. The molecule has 1 saturated heterocycles. The minimum absolute atomic E-state index is 0.805. The number of hydrogen-bond acceptors (Lipinski definition) is 3. The van der Waals surface area contributed by atoms with Crippen molar-refractivity contribution >= 4 is 0 Å². The Labute approximate surface area is 80.8 Å². The maximum Gasteiger partial charge on any atom is 0.181 e. The normalized spacial score (nSPS) is 17.2. The van der Waals surface area contributed by atoms with Gasteiger partial charge in [-0.2, -0.15) is 0 Å². The fraction of sp³-hybridized carbons (Fsp3) is 0.800. The number of nitrogens with zero attached hydrogens (tertiary/aromatic N) is 1. The standard InChI is InChI=1S/C10H20N2O/c1-3-4-9-13-10(2)12-7-5-11-6-8-12/h11H,2-9H2,1H3. The molecule has 1 aliphatic rings. The van der Waals surface area contributed by atoms with Crippen molar-refractivity contribution in [1.82, 2.24) is 10.2 Å². The van der Waals surface area contributed by atoms with Crippen LogP contribution in [0.15, 0.2) is 12.5 Å². The third kappa shape index (κ3) is 3.68. The van der Waals surface area contributed by atoms with Gasteiger partial charge in [0.05, 0.1) is 6.61 Å². The van der Waals surface area contributed by atoms with Gasteiger partial charge in [0.25, 0.3) is 0 Å². The average Bonchev–Trinajstić information content (AvgIpc) is 2.19. The number of nitrogens with one attached hydrogen (secondary N) is 1. The summed E-state index contributed by atoms with van der Waals surface area (Å²) >= 11 is 0. The Kier molecular flexibility index (Phi) is 4.68. The van der Waals surface area contributed by atoms with Crippen molar-refractivity contribution in [3.63, 3.8) is 0 Å². The molecule has 13 heavy (non-hydrogen) atoms. The van der Waals surface area contributed by atoms with Crippen molar-refractivity contribution in [1.29, 1.82) is 0 Å². The van der Waals surface area contributed by atoms with Crippen LogP contribution in [0.25, 0.3) is 0 Å². The Bertz CT molecular complexity index is 153. The first kappa shape index (κ1) is 10.4. The molecule has 0 spiro atoms. The minimum atomic E-state index is 0.805. The third-order valence-corrected chi connectivity index (χ3v) is 2.24. The molecule has 0 aromatic rings. The van der Waals surface area contributed by atoms with Crippen LogP contribution in [-0.2, 0) is 4.74 Å². The van der Waals surface area contributed by atoms with Crippen LogP contribution in [0.3, 0.4) is 0 Å². The van der Waals surface area contributed by atoms with Gasteiger partial charge in [0, 0.05) is 26.2 Å². The van der Waals surface area contributed by atoms with Gasteiger partial charge < -0.3 is 15.0 Å². The van der Waals surface area contributed by atoms with Gasteiger partial charge in [-0.3, -0.25) is 0 Å². The Balaban J connectivity index is 2.13. The lowest BCUT2D eigenvalue weighted by atomic mass is 10.3. The van der Waals surface area contributed by atoms with E-state index in [0.29, 0.717) is 0 Å².